The zero-order valence-corrected chi connectivity index (χ0v) is 12.3. The lowest BCUT2D eigenvalue weighted by atomic mass is 10.2. The number of halogens is 3. The van der Waals surface area contributed by atoms with Crippen LogP contribution in [0, 0.1) is 0 Å². The second-order valence-corrected chi connectivity index (χ2v) is 4.57. The first-order valence-electron chi connectivity index (χ1n) is 5.88. The van der Waals surface area contributed by atoms with E-state index >= 15 is 0 Å². The van der Waals surface area contributed by atoms with Gasteiger partial charge in [-0.25, -0.2) is 9.48 Å². The summed E-state index contributed by atoms with van der Waals surface area (Å²) >= 11 is 0.854. The second-order valence-electron chi connectivity index (χ2n) is 3.74. The SMILES string of the molecule is C=N/C(C=O)=C\SCn1ncc(C(=O)OCC)c1C(F)(F)F. The van der Waals surface area contributed by atoms with Gasteiger partial charge in [-0.2, -0.15) is 18.3 Å². The predicted octanol–water partition coefficient (Wildman–Crippen LogP) is 2.51. The summed E-state index contributed by atoms with van der Waals surface area (Å²) in [6.07, 6.45) is -3.55. The number of nitrogens with zero attached hydrogens (tertiary/aromatic N) is 3. The highest BCUT2D eigenvalue weighted by Crippen LogP contribution is 2.33. The van der Waals surface area contributed by atoms with E-state index in [1.54, 1.807) is 0 Å². The van der Waals surface area contributed by atoms with E-state index in [4.69, 9.17) is 0 Å². The van der Waals surface area contributed by atoms with Gasteiger partial charge in [-0.1, -0.05) is 0 Å². The molecule has 0 aliphatic carbocycles. The first-order valence-corrected chi connectivity index (χ1v) is 6.93. The van der Waals surface area contributed by atoms with Crippen LogP contribution in [0.1, 0.15) is 23.0 Å². The lowest BCUT2D eigenvalue weighted by molar-refractivity contribution is -0.144. The van der Waals surface area contributed by atoms with Crippen LogP contribution < -0.4 is 0 Å². The molecule has 0 saturated heterocycles. The van der Waals surface area contributed by atoms with Crippen molar-refractivity contribution in [3.63, 3.8) is 0 Å². The Labute approximate surface area is 128 Å². The molecule has 0 amide bonds. The molecule has 120 valence electrons. The number of aldehydes is 1. The average Bonchev–Trinajstić information content (AvgIpc) is 2.88. The molecule has 0 spiro atoms. The van der Waals surface area contributed by atoms with E-state index in [1.807, 2.05) is 0 Å². The van der Waals surface area contributed by atoms with Crippen molar-refractivity contribution in [3.8, 4) is 0 Å². The minimum absolute atomic E-state index is 0.0173. The van der Waals surface area contributed by atoms with Gasteiger partial charge in [0.15, 0.2) is 12.0 Å². The maximum absolute atomic E-state index is 13.1. The van der Waals surface area contributed by atoms with Gasteiger partial charge in [0.05, 0.1) is 18.7 Å². The van der Waals surface area contributed by atoms with Gasteiger partial charge in [0.2, 0.25) is 0 Å². The summed E-state index contributed by atoms with van der Waals surface area (Å²) in [6.45, 7) is 4.57. The Kier molecular flexibility index (Phi) is 6.35. The molecular formula is C12H12F3N3O3S. The fraction of sp³-hybridized carbons (Fsp3) is 0.333. The van der Waals surface area contributed by atoms with Gasteiger partial charge in [-0.05, 0) is 13.6 Å². The molecule has 10 heteroatoms. The summed E-state index contributed by atoms with van der Waals surface area (Å²) in [5, 5.41) is 4.79. The van der Waals surface area contributed by atoms with Gasteiger partial charge < -0.3 is 4.74 Å². The standard InChI is InChI=1S/C12H12F3N3O3S/c1-3-21-11(20)9-4-17-18(10(9)12(13,14)15)7-22-6-8(5-19)16-2/h4-6H,2-3,7H2,1H3/b8-6-. The van der Waals surface area contributed by atoms with E-state index in [0.29, 0.717) is 11.0 Å². The number of esters is 1. The number of carbonyl (C=O) groups is 2. The van der Waals surface area contributed by atoms with Crippen molar-refractivity contribution in [1.29, 1.82) is 0 Å². The van der Waals surface area contributed by atoms with Crippen LogP contribution in [0.15, 0.2) is 22.3 Å². The third-order valence-corrected chi connectivity index (χ3v) is 3.11. The number of hydrogen-bond donors (Lipinski definition) is 0. The van der Waals surface area contributed by atoms with Crippen molar-refractivity contribution in [2.45, 2.75) is 19.0 Å². The number of ether oxygens (including phenoxy) is 1. The number of allylic oxidation sites excluding steroid dienone is 1. The molecule has 0 radical (unpaired) electrons. The Morgan fingerprint density at radius 3 is 2.77 bits per heavy atom. The van der Waals surface area contributed by atoms with Crippen molar-refractivity contribution >= 4 is 30.7 Å². The first-order chi connectivity index (χ1) is 10.3. The summed E-state index contributed by atoms with van der Waals surface area (Å²) in [6, 6.07) is 0. The Bertz CT molecular complexity index is 586. The topological polar surface area (TPSA) is 73.5 Å². The summed E-state index contributed by atoms with van der Waals surface area (Å²) in [7, 11) is 0. The minimum atomic E-state index is -4.77. The van der Waals surface area contributed by atoms with Crippen LogP contribution in [0.5, 0.6) is 0 Å². The molecule has 1 heterocycles. The fourth-order valence-electron chi connectivity index (χ4n) is 1.44. The van der Waals surface area contributed by atoms with E-state index in [-0.39, 0.29) is 18.2 Å². The Morgan fingerprint density at radius 1 is 1.59 bits per heavy atom. The van der Waals surface area contributed by atoms with E-state index in [9.17, 15) is 22.8 Å². The zero-order valence-electron chi connectivity index (χ0n) is 11.5. The normalized spacial score (nSPS) is 12.1. The molecule has 6 nitrogen and oxygen atoms in total. The Balaban J connectivity index is 3.05. The lowest BCUT2D eigenvalue weighted by Gasteiger charge is -2.11. The molecule has 0 unspecified atom stereocenters. The molecule has 0 aliphatic rings. The monoisotopic (exact) mass is 335 g/mol. The molecular weight excluding hydrogens is 323 g/mol. The highest BCUT2D eigenvalue weighted by atomic mass is 32.2. The van der Waals surface area contributed by atoms with Crippen LogP contribution in [-0.2, 0) is 21.6 Å². The third kappa shape index (κ3) is 4.45. The van der Waals surface area contributed by atoms with Crippen LogP contribution >= 0.6 is 11.8 Å². The summed E-state index contributed by atoms with van der Waals surface area (Å²) < 4.78 is 44.4. The van der Waals surface area contributed by atoms with E-state index < -0.39 is 23.4 Å². The number of hydrogen-bond acceptors (Lipinski definition) is 6. The van der Waals surface area contributed by atoms with Gasteiger partial charge in [0.25, 0.3) is 0 Å². The summed E-state index contributed by atoms with van der Waals surface area (Å²) in [5.41, 5.74) is -1.88. The summed E-state index contributed by atoms with van der Waals surface area (Å²) in [5.74, 6) is -1.36. The van der Waals surface area contributed by atoms with Crippen LogP contribution in [0.25, 0.3) is 0 Å². The average molecular weight is 335 g/mol. The van der Waals surface area contributed by atoms with Crippen molar-refractivity contribution in [3.05, 3.63) is 28.6 Å². The maximum Gasteiger partial charge on any atom is 0.433 e. The Hall–Kier alpha value is -2.10. The molecule has 1 rings (SSSR count). The minimum Gasteiger partial charge on any atom is -0.462 e. The number of aliphatic imine (C=N–C) groups is 1. The third-order valence-electron chi connectivity index (χ3n) is 2.31. The number of carbonyl (C=O) groups excluding carboxylic acids is 2. The highest BCUT2D eigenvalue weighted by Gasteiger charge is 2.40. The van der Waals surface area contributed by atoms with Gasteiger partial charge in [-0.15, -0.1) is 11.8 Å². The molecule has 0 fully saturated rings. The molecule has 1 aromatic heterocycles. The zero-order chi connectivity index (χ0) is 16.8. The molecule has 1 aromatic rings. The van der Waals surface area contributed by atoms with Crippen LogP contribution in [0.2, 0.25) is 0 Å². The van der Waals surface area contributed by atoms with E-state index in [2.05, 4.69) is 21.5 Å². The Morgan fingerprint density at radius 2 is 2.27 bits per heavy atom. The van der Waals surface area contributed by atoms with Crippen molar-refractivity contribution < 1.29 is 27.5 Å². The second kappa shape index (κ2) is 7.78. The number of aromatic nitrogens is 2. The molecule has 0 aromatic carbocycles. The van der Waals surface area contributed by atoms with Gasteiger partial charge in [0.1, 0.15) is 11.3 Å². The first kappa shape index (κ1) is 18.0. The molecule has 0 atom stereocenters. The van der Waals surface area contributed by atoms with Crippen molar-refractivity contribution in [2.75, 3.05) is 6.61 Å². The van der Waals surface area contributed by atoms with E-state index in [0.717, 1.165) is 18.0 Å². The predicted molar refractivity (Wildman–Crippen MR) is 74.5 cm³/mol. The van der Waals surface area contributed by atoms with Crippen molar-refractivity contribution in [2.24, 2.45) is 4.99 Å². The molecule has 0 bridgehead atoms. The smallest absolute Gasteiger partial charge is 0.433 e. The molecule has 0 aliphatic heterocycles. The van der Waals surface area contributed by atoms with Crippen LogP contribution in [-0.4, -0.2) is 35.4 Å². The van der Waals surface area contributed by atoms with Gasteiger partial charge >= 0.3 is 12.1 Å². The molecule has 22 heavy (non-hydrogen) atoms. The summed E-state index contributed by atoms with van der Waals surface area (Å²) in [4.78, 5) is 25.4. The number of alkyl halides is 3. The number of rotatable bonds is 7. The highest BCUT2D eigenvalue weighted by molar-refractivity contribution is 8.01. The van der Waals surface area contributed by atoms with Gasteiger partial charge in [0, 0.05) is 5.41 Å². The molecule has 0 saturated carbocycles. The van der Waals surface area contributed by atoms with Crippen molar-refractivity contribution in [1.82, 2.24) is 9.78 Å². The maximum atomic E-state index is 13.1. The lowest BCUT2D eigenvalue weighted by Crippen LogP contribution is -2.18. The number of thioether (sulfide) groups is 1. The van der Waals surface area contributed by atoms with Gasteiger partial charge in [-0.3, -0.25) is 9.79 Å². The van der Waals surface area contributed by atoms with Crippen LogP contribution in [0.4, 0.5) is 13.2 Å². The molecule has 0 N–H and O–H groups in total. The van der Waals surface area contributed by atoms with Crippen LogP contribution in [0.3, 0.4) is 0 Å². The quantitative estimate of drug-likeness (QED) is 0.331. The fourth-order valence-corrected chi connectivity index (χ4v) is 2.15. The van der Waals surface area contributed by atoms with E-state index in [1.165, 1.54) is 12.3 Å². The largest absolute Gasteiger partial charge is 0.462 e.